The monoisotopic (exact) mass is 230 g/mol. The van der Waals surface area contributed by atoms with Crippen molar-refractivity contribution in [3.8, 4) is 0 Å². The predicted octanol–water partition coefficient (Wildman–Crippen LogP) is 4.81. The Morgan fingerprint density at radius 1 is 0.588 bits per heavy atom. The van der Waals surface area contributed by atoms with Crippen molar-refractivity contribution >= 4 is 0 Å². The molecule has 0 aromatic rings. The molecule has 0 heterocycles. The molecule has 0 amide bonds. The molecule has 6 unspecified atom stereocenters. The lowest BCUT2D eigenvalue weighted by molar-refractivity contribution is -0.0384. The quantitative estimate of drug-likeness (QED) is 0.524. The molecule has 94 valence electrons. The average Bonchev–Trinajstić information content (AvgIpc) is 2.89. The molecule has 0 N–H and O–H groups in total. The molecule has 4 aliphatic rings. The highest BCUT2D eigenvalue weighted by Crippen LogP contribution is 2.58. The first-order chi connectivity index (χ1) is 8.45. The van der Waals surface area contributed by atoms with E-state index in [4.69, 9.17) is 0 Å². The van der Waals surface area contributed by atoms with Gasteiger partial charge in [0.05, 0.1) is 0 Å². The number of hydrogen-bond acceptors (Lipinski definition) is 0. The summed E-state index contributed by atoms with van der Waals surface area (Å²) in [4.78, 5) is 0. The molecule has 0 bridgehead atoms. The Morgan fingerprint density at radius 2 is 1.12 bits per heavy atom. The first-order valence-electron chi connectivity index (χ1n) is 8.12. The van der Waals surface area contributed by atoms with Crippen molar-refractivity contribution in [2.45, 2.75) is 57.8 Å². The molecule has 0 nitrogen and oxygen atoms in total. The minimum absolute atomic E-state index is 1.000. The van der Waals surface area contributed by atoms with Gasteiger partial charge in [-0.1, -0.05) is 37.8 Å². The second-order valence-corrected chi connectivity index (χ2v) is 7.13. The molecule has 0 aromatic heterocycles. The fourth-order valence-electron chi connectivity index (χ4n) is 6.06. The van der Waals surface area contributed by atoms with E-state index < -0.39 is 0 Å². The normalized spacial score (nSPS) is 52.7. The summed E-state index contributed by atoms with van der Waals surface area (Å²) in [6.07, 6.45) is 19.0. The van der Waals surface area contributed by atoms with Crippen LogP contribution >= 0.6 is 0 Å². The molecule has 0 aliphatic heterocycles. The van der Waals surface area contributed by atoms with Gasteiger partial charge >= 0.3 is 0 Å². The van der Waals surface area contributed by atoms with Crippen LogP contribution in [0, 0.1) is 35.5 Å². The lowest BCUT2D eigenvalue weighted by Gasteiger charge is -2.54. The molecule has 3 fully saturated rings. The second kappa shape index (κ2) is 4.14. The van der Waals surface area contributed by atoms with Crippen molar-refractivity contribution in [1.29, 1.82) is 0 Å². The van der Waals surface area contributed by atoms with Crippen LogP contribution in [0.1, 0.15) is 57.8 Å². The highest BCUT2D eigenvalue weighted by Gasteiger charge is 2.50. The standard InChI is InChI=1S/C17H26/c1-3-8-14-12(6-1)13-7-2-4-9-15(13)17-11-5-10-16(14)17/h5,10,12-17H,1-4,6-9,11H2. The maximum Gasteiger partial charge on any atom is -0.0168 e. The first kappa shape index (κ1) is 10.6. The Balaban J connectivity index is 1.67. The first-order valence-corrected chi connectivity index (χ1v) is 8.12. The van der Waals surface area contributed by atoms with Gasteiger partial charge in [0.15, 0.2) is 0 Å². The topological polar surface area (TPSA) is 0 Å². The van der Waals surface area contributed by atoms with Crippen LogP contribution in [0.3, 0.4) is 0 Å². The largest absolute Gasteiger partial charge is 0.0879 e. The number of rotatable bonds is 0. The van der Waals surface area contributed by atoms with E-state index in [1.165, 1.54) is 32.1 Å². The van der Waals surface area contributed by atoms with E-state index in [9.17, 15) is 0 Å². The molecule has 0 saturated heterocycles. The summed E-state index contributed by atoms with van der Waals surface area (Å²) in [7, 11) is 0. The lowest BCUT2D eigenvalue weighted by atomic mass is 9.51. The summed E-state index contributed by atoms with van der Waals surface area (Å²) in [6, 6.07) is 0. The molecule has 0 heteroatoms. The van der Waals surface area contributed by atoms with E-state index in [0.717, 1.165) is 35.5 Å². The molecule has 4 aliphatic carbocycles. The molecule has 4 rings (SSSR count). The second-order valence-electron chi connectivity index (χ2n) is 7.13. The van der Waals surface area contributed by atoms with Crippen molar-refractivity contribution in [2.75, 3.05) is 0 Å². The fourth-order valence-corrected chi connectivity index (χ4v) is 6.06. The summed E-state index contributed by atoms with van der Waals surface area (Å²) in [5, 5.41) is 0. The zero-order chi connectivity index (χ0) is 11.2. The summed E-state index contributed by atoms with van der Waals surface area (Å²) in [6.45, 7) is 0. The van der Waals surface area contributed by atoms with Crippen molar-refractivity contribution in [3.05, 3.63) is 12.2 Å². The van der Waals surface area contributed by atoms with Gasteiger partial charge in [-0.3, -0.25) is 0 Å². The number of hydrogen-bond donors (Lipinski definition) is 0. The van der Waals surface area contributed by atoms with Crippen molar-refractivity contribution in [2.24, 2.45) is 35.5 Å². The molecule has 0 spiro atoms. The smallest absolute Gasteiger partial charge is 0.0168 e. The summed E-state index contributed by atoms with van der Waals surface area (Å²) in [5.74, 6) is 6.53. The van der Waals surface area contributed by atoms with Gasteiger partial charge in [-0.05, 0) is 67.6 Å². The van der Waals surface area contributed by atoms with Gasteiger partial charge < -0.3 is 0 Å². The van der Waals surface area contributed by atoms with Gasteiger partial charge in [0.1, 0.15) is 0 Å². The van der Waals surface area contributed by atoms with E-state index in [2.05, 4.69) is 12.2 Å². The van der Waals surface area contributed by atoms with Crippen molar-refractivity contribution < 1.29 is 0 Å². The molecular formula is C17H26. The van der Waals surface area contributed by atoms with Crippen LogP contribution in [-0.2, 0) is 0 Å². The highest BCUT2D eigenvalue weighted by molar-refractivity contribution is 5.11. The Kier molecular flexibility index (Phi) is 2.59. The zero-order valence-corrected chi connectivity index (χ0v) is 11.0. The molecule has 6 atom stereocenters. The van der Waals surface area contributed by atoms with E-state index in [1.54, 1.807) is 25.7 Å². The van der Waals surface area contributed by atoms with Crippen LogP contribution in [0.4, 0.5) is 0 Å². The van der Waals surface area contributed by atoms with Gasteiger partial charge in [0.25, 0.3) is 0 Å². The highest BCUT2D eigenvalue weighted by atomic mass is 14.5. The number of fused-ring (bicyclic) bond motifs is 6. The predicted molar refractivity (Wildman–Crippen MR) is 71.6 cm³/mol. The molecule has 17 heavy (non-hydrogen) atoms. The van der Waals surface area contributed by atoms with Crippen molar-refractivity contribution in [3.63, 3.8) is 0 Å². The maximum atomic E-state index is 2.62. The van der Waals surface area contributed by atoms with Gasteiger partial charge in [0, 0.05) is 0 Å². The summed E-state index contributed by atoms with van der Waals surface area (Å²) >= 11 is 0. The van der Waals surface area contributed by atoms with Crippen molar-refractivity contribution in [1.82, 2.24) is 0 Å². The SMILES string of the molecule is C1=CC2C(C1)C1CCCCC1C1CCCCC21. The van der Waals surface area contributed by atoms with E-state index >= 15 is 0 Å². The lowest BCUT2D eigenvalue weighted by Crippen LogP contribution is -2.46. The van der Waals surface area contributed by atoms with E-state index in [1.807, 2.05) is 0 Å². The van der Waals surface area contributed by atoms with Gasteiger partial charge in [-0.25, -0.2) is 0 Å². The molecule has 0 radical (unpaired) electrons. The average molecular weight is 230 g/mol. The fraction of sp³-hybridized carbons (Fsp3) is 0.882. The Morgan fingerprint density at radius 3 is 1.82 bits per heavy atom. The number of allylic oxidation sites excluding steroid dienone is 2. The molecular weight excluding hydrogens is 204 g/mol. The van der Waals surface area contributed by atoms with Crippen LogP contribution in [0.15, 0.2) is 12.2 Å². The van der Waals surface area contributed by atoms with E-state index in [0.29, 0.717) is 0 Å². The Bertz CT molecular complexity index is 316. The van der Waals surface area contributed by atoms with Crippen LogP contribution < -0.4 is 0 Å². The summed E-state index contributed by atoms with van der Waals surface area (Å²) in [5.41, 5.74) is 0. The Hall–Kier alpha value is -0.260. The van der Waals surface area contributed by atoms with Gasteiger partial charge in [0.2, 0.25) is 0 Å². The third-order valence-electron chi connectivity index (χ3n) is 6.60. The summed E-state index contributed by atoms with van der Waals surface area (Å²) < 4.78 is 0. The maximum absolute atomic E-state index is 2.62. The van der Waals surface area contributed by atoms with Crippen LogP contribution in [0.25, 0.3) is 0 Å². The van der Waals surface area contributed by atoms with Crippen LogP contribution in [-0.4, -0.2) is 0 Å². The van der Waals surface area contributed by atoms with E-state index in [-0.39, 0.29) is 0 Å². The van der Waals surface area contributed by atoms with Gasteiger partial charge in [-0.2, -0.15) is 0 Å². The minimum atomic E-state index is 1.000. The zero-order valence-electron chi connectivity index (χ0n) is 11.0. The molecule has 0 aromatic carbocycles. The Labute approximate surface area is 106 Å². The molecule has 3 saturated carbocycles. The minimum Gasteiger partial charge on any atom is -0.0879 e. The van der Waals surface area contributed by atoms with Crippen LogP contribution in [0.5, 0.6) is 0 Å². The third kappa shape index (κ3) is 1.55. The van der Waals surface area contributed by atoms with Gasteiger partial charge in [-0.15, -0.1) is 0 Å². The van der Waals surface area contributed by atoms with Crippen LogP contribution in [0.2, 0.25) is 0 Å². The third-order valence-corrected chi connectivity index (χ3v) is 6.60.